The van der Waals surface area contributed by atoms with E-state index in [2.05, 4.69) is 12.1 Å². The summed E-state index contributed by atoms with van der Waals surface area (Å²) in [5.41, 5.74) is 7.47. The molecule has 0 N–H and O–H groups in total. The number of amides is 2. The number of carbonyl (C=O) groups excluding carboxylic acids is 2. The second-order valence-corrected chi connectivity index (χ2v) is 11.1. The fourth-order valence-corrected chi connectivity index (χ4v) is 6.57. The lowest BCUT2D eigenvalue weighted by atomic mass is 9.96. The molecule has 214 valence electrons. The first-order valence-corrected chi connectivity index (χ1v) is 14.7. The Morgan fingerprint density at radius 3 is 2.09 bits per heavy atom. The number of anilines is 1. The highest BCUT2D eigenvalue weighted by molar-refractivity contribution is 6.36. The number of rotatable bonds is 4. The molecule has 7 aromatic rings. The van der Waals surface area contributed by atoms with Crippen LogP contribution in [0.25, 0.3) is 49.7 Å². The molecule has 0 saturated heterocycles. The van der Waals surface area contributed by atoms with Gasteiger partial charge in [-0.3, -0.25) is 9.59 Å². The van der Waals surface area contributed by atoms with E-state index in [-0.39, 0.29) is 5.91 Å². The molecule has 1 aliphatic heterocycles. The van der Waals surface area contributed by atoms with Crippen LogP contribution in [0.2, 0.25) is 0 Å². The molecule has 0 atom stereocenters. The fourth-order valence-electron chi connectivity index (χ4n) is 6.57. The highest BCUT2D eigenvalue weighted by Crippen LogP contribution is 2.42. The zero-order valence-corrected chi connectivity index (χ0v) is 24.3. The van der Waals surface area contributed by atoms with Crippen LogP contribution in [0.4, 0.5) is 5.69 Å². The smallest absolute Gasteiger partial charge is 0.268 e. The average Bonchev–Trinajstić information content (AvgIpc) is 3.59. The van der Waals surface area contributed by atoms with E-state index in [1.54, 1.807) is 36.4 Å². The monoisotopic (exact) mass is 590 g/mol. The molecular weight excluding hydrogens is 568 g/mol. The van der Waals surface area contributed by atoms with Crippen LogP contribution in [0.15, 0.2) is 133 Å². The second-order valence-electron chi connectivity index (χ2n) is 11.1. The maximum Gasteiger partial charge on any atom is 0.268 e. The van der Waals surface area contributed by atoms with Gasteiger partial charge in [-0.05, 0) is 53.6 Å². The number of fused-ring (bicyclic) bond motifs is 4. The molecule has 6 nitrogen and oxygen atoms in total. The van der Waals surface area contributed by atoms with Crippen LogP contribution in [0.3, 0.4) is 0 Å². The number of aromatic nitrogens is 1. The van der Waals surface area contributed by atoms with Gasteiger partial charge in [0.2, 0.25) is 0 Å². The van der Waals surface area contributed by atoms with Crippen molar-refractivity contribution in [2.75, 3.05) is 4.90 Å². The van der Waals surface area contributed by atoms with Gasteiger partial charge in [0.25, 0.3) is 11.8 Å². The lowest BCUT2D eigenvalue weighted by Crippen LogP contribution is -2.29. The van der Waals surface area contributed by atoms with Gasteiger partial charge >= 0.3 is 0 Å². The van der Waals surface area contributed by atoms with Crippen molar-refractivity contribution in [1.29, 1.82) is 10.5 Å². The Hall–Kier alpha value is -6.76. The number of nitrogens with zero attached hydrogens (tertiary/aromatic N) is 4. The third-order valence-corrected chi connectivity index (χ3v) is 8.60. The number of nitriles is 2. The highest BCUT2D eigenvalue weighted by Gasteiger charge is 2.39. The maximum atomic E-state index is 14.4. The molecule has 8 rings (SSSR count). The molecule has 2 heterocycles. The Morgan fingerprint density at radius 1 is 0.543 bits per heavy atom. The van der Waals surface area contributed by atoms with E-state index >= 15 is 0 Å². The van der Waals surface area contributed by atoms with Gasteiger partial charge in [-0.15, -0.1) is 0 Å². The number of benzene rings is 6. The molecule has 0 radical (unpaired) electrons. The standard InChI is InChI=1S/C40H22N4O2/c41-23-25-19-20-30(28(21-25)24-42)32-14-7-15-33-31-13-4-5-17-35(31)44(38(32)33)36-18-8-16-34-37(36)40(46)43(39(34)45)29-12-6-11-27(22-29)26-9-2-1-3-10-26/h1-22H. The van der Waals surface area contributed by atoms with Gasteiger partial charge in [0.1, 0.15) is 0 Å². The summed E-state index contributed by atoms with van der Waals surface area (Å²) in [7, 11) is 0. The summed E-state index contributed by atoms with van der Waals surface area (Å²) in [6.07, 6.45) is 0. The third kappa shape index (κ3) is 3.95. The number of imide groups is 1. The van der Waals surface area contributed by atoms with Gasteiger partial charge in [0.05, 0.1) is 56.8 Å². The van der Waals surface area contributed by atoms with E-state index < -0.39 is 5.91 Å². The lowest BCUT2D eigenvalue weighted by molar-refractivity contribution is 0.0926. The van der Waals surface area contributed by atoms with E-state index in [0.717, 1.165) is 38.5 Å². The molecule has 0 unspecified atom stereocenters. The quantitative estimate of drug-likeness (QED) is 0.192. The van der Waals surface area contributed by atoms with Gasteiger partial charge < -0.3 is 4.57 Å². The summed E-state index contributed by atoms with van der Waals surface area (Å²) in [6.45, 7) is 0. The Labute approximate surface area is 264 Å². The first kappa shape index (κ1) is 26.8. The number of carbonyl (C=O) groups is 2. The molecule has 0 saturated carbocycles. The van der Waals surface area contributed by atoms with Crippen molar-refractivity contribution in [3.05, 3.63) is 156 Å². The van der Waals surface area contributed by atoms with E-state index in [0.29, 0.717) is 39.2 Å². The van der Waals surface area contributed by atoms with Crippen molar-refractivity contribution in [1.82, 2.24) is 4.57 Å². The van der Waals surface area contributed by atoms with Crippen LogP contribution < -0.4 is 4.90 Å². The molecule has 0 bridgehead atoms. The number of hydrogen-bond acceptors (Lipinski definition) is 4. The molecule has 0 aliphatic carbocycles. The maximum absolute atomic E-state index is 14.4. The van der Waals surface area contributed by atoms with Crippen molar-refractivity contribution in [2.24, 2.45) is 0 Å². The zero-order chi connectivity index (χ0) is 31.4. The summed E-state index contributed by atoms with van der Waals surface area (Å²) >= 11 is 0. The summed E-state index contributed by atoms with van der Waals surface area (Å²) in [5, 5.41) is 21.4. The molecule has 2 amide bonds. The summed E-state index contributed by atoms with van der Waals surface area (Å²) in [6, 6.07) is 45.9. The van der Waals surface area contributed by atoms with Crippen molar-refractivity contribution >= 4 is 39.3 Å². The minimum Gasteiger partial charge on any atom is -0.308 e. The van der Waals surface area contributed by atoms with Crippen LogP contribution in [0.1, 0.15) is 31.8 Å². The fraction of sp³-hybridized carbons (Fsp3) is 0. The van der Waals surface area contributed by atoms with Gasteiger partial charge in [0.15, 0.2) is 0 Å². The van der Waals surface area contributed by atoms with Crippen molar-refractivity contribution < 1.29 is 9.59 Å². The van der Waals surface area contributed by atoms with E-state index in [1.807, 2.05) is 102 Å². The first-order chi connectivity index (χ1) is 22.6. The predicted molar refractivity (Wildman–Crippen MR) is 179 cm³/mol. The molecule has 1 aliphatic rings. The molecule has 6 heteroatoms. The Kier molecular flexibility index (Phi) is 6.10. The Bertz CT molecular complexity index is 2500. The van der Waals surface area contributed by atoms with Gasteiger partial charge in [-0.25, -0.2) is 4.90 Å². The molecule has 0 spiro atoms. The number of para-hydroxylation sites is 2. The van der Waals surface area contributed by atoms with E-state index in [9.17, 15) is 20.1 Å². The number of hydrogen-bond donors (Lipinski definition) is 0. The van der Waals surface area contributed by atoms with Crippen LogP contribution in [0, 0.1) is 22.7 Å². The summed E-state index contributed by atoms with van der Waals surface area (Å²) in [4.78, 5) is 29.6. The SMILES string of the molecule is N#Cc1ccc(-c2cccc3c4ccccc4n(-c4cccc5c4C(=O)N(c4cccc(-c6ccccc6)c4)C5=O)c23)c(C#N)c1. The van der Waals surface area contributed by atoms with Crippen LogP contribution in [-0.4, -0.2) is 16.4 Å². The Morgan fingerprint density at radius 2 is 1.26 bits per heavy atom. The molecular formula is C40H22N4O2. The van der Waals surface area contributed by atoms with Crippen molar-refractivity contribution in [3.63, 3.8) is 0 Å². The van der Waals surface area contributed by atoms with E-state index in [4.69, 9.17) is 0 Å². The minimum absolute atomic E-state index is 0.315. The van der Waals surface area contributed by atoms with Crippen LogP contribution >= 0.6 is 0 Å². The molecule has 1 aromatic heterocycles. The van der Waals surface area contributed by atoms with Crippen LogP contribution in [-0.2, 0) is 0 Å². The molecule has 6 aromatic carbocycles. The lowest BCUT2D eigenvalue weighted by Gasteiger charge is -2.16. The first-order valence-electron chi connectivity index (χ1n) is 14.7. The predicted octanol–water partition coefficient (Wildman–Crippen LogP) is 8.66. The average molecular weight is 591 g/mol. The molecule has 0 fully saturated rings. The third-order valence-electron chi connectivity index (χ3n) is 8.60. The van der Waals surface area contributed by atoms with Gasteiger partial charge in [-0.2, -0.15) is 10.5 Å². The topological polar surface area (TPSA) is 89.9 Å². The van der Waals surface area contributed by atoms with Crippen molar-refractivity contribution in [3.8, 4) is 40.1 Å². The van der Waals surface area contributed by atoms with Crippen LogP contribution in [0.5, 0.6) is 0 Å². The largest absolute Gasteiger partial charge is 0.308 e. The Balaban J connectivity index is 1.37. The van der Waals surface area contributed by atoms with Gasteiger partial charge in [0, 0.05) is 21.9 Å². The highest BCUT2D eigenvalue weighted by atomic mass is 16.2. The molecule has 46 heavy (non-hydrogen) atoms. The minimum atomic E-state index is -0.402. The summed E-state index contributed by atoms with van der Waals surface area (Å²) < 4.78 is 2.02. The normalized spacial score (nSPS) is 12.3. The second kappa shape index (κ2) is 10.4. The zero-order valence-electron chi connectivity index (χ0n) is 24.3. The van der Waals surface area contributed by atoms with Gasteiger partial charge in [-0.1, -0.05) is 91.0 Å². The van der Waals surface area contributed by atoms with Crippen molar-refractivity contribution in [2.45, 2.75) is 0 Å². The van der Waals surface area contributed by atoms with E-state index in [1.165, 1.54) is 4.90 Å². The summed E-state index contributed by atoms with van der Waals surface area (Å²) in [5.74, 6) is -0.785.